The summed E-state index contributed by atoms with van der Waals surface area (Å²) in [5.41, 5.74) is 1.86. The average molecular weight is 362 g/mol. The van der Waals surface area contributed by atoms with Crippen molar-refractivity contribution < 1.29 is 14.6 Å². The van der Waals surface area contributed by atoms with Gasteiger partial charge in [-0.15, -0.1) is 0 Å². The van der Waals surface area contributed by atoms with Crippen molar-refractivity contribution >= 4 is 22.1 Å². The Morgan fingerprint density at radius 1 is 1.09 bits per heavy atom. The molecule has 0 radical (unpaired) electrons. The molecule has 1 aliphatic heterocycles. The second kappa shape index (κ2) is 6.83. The molecule has 0 spiro atoms. The van der Waals surface area contributed by atoms with Crippen LogP contribution in [-0.4, -0.2) is 31.1 Å². The summed E-state index contributed by atoms with van der Waals surface area (Å²) < 4.78 is 12.0. The quantitative estimate of drug-likeness (QED) is 0.846. The van der Waals surface area contributed by atoms with Crippen LogP contribution in [0.3, 0.4) is 0 Å². The molecule has 0 atom stereocenters. The predicted molar refractivity (Wildman–Crippen MR) is 89.4 cm³/mol. The summed E-state index contributed by atoms with van der Waals surface area (Å²) in [5, 5.41) is 9.74. The lowest BCUT2D eigenvalue weighted by Gasteiger charge is -2.18. The lowest BCUT2D eigenvalue weighted by Crippen LogP contribution is -2.15. The summed E-state index contributed by atoms with van der Waals surface area (Å²) in [6.45, 7) is 1.84. The number of nitrogens with zero attached hydrogens (tertiary/aromatic N) is 1. The highest BCUT2D eigenvalue weighted by atomic mass is 79.9. The van der Waals surface area contributed by atoms with Gasteiger partial charge in [0.2, 0.25) is 0 Å². The Balaban J connectivity index is 1.61. The van der Waals surface area contributed by atoms with Crippen molar-refractivity contribution in [3.63, 3.8) is 0 Å². The molecule has 1 heterocycles. The van der Waals surface area contributed by atoms with Crippen molar-refractivity contribution in [1.82, 2.24) is 0 Å². The number of aromatic hydroxyl groups is 1. The monoisotopic (exact) mass is 361 g/mol. The minimum Gasteiger partial charge on any atom is -0.507 e. The molecule has 1 N–H and O–H groups in total. The molecule has 0 bridgehead atoms. The van der Waals surface area contributed by atoms with Gasteiger partial charge >= 0.3 is 0 Å². The Morgan fingerprint density at radius 3 is 2.77 bits per heavy atom. The van der Waals surface area contributed by atoms with Gasteiger partial charge in [-0.25, -0.2) is 0 Å². The normalized spacial score (nSPS) is 13.5. The molecule has 3 rings (SSSR count). The first kappa shape index (κ1) is 14.9. The first-order chi connectivity index (χ1) is 10.7. The molecule has 114 valence electrons. The van der Waals surface area contributed by atoms with Gasteiger partial charge in [0.15, 0.2) is 11.5 Å². The summed E-state index contributed by atoms with van der Waals surface area (Å²) in [5.74, 6) is 1.83. The third-order valence-corrected chi connectivity index (χ3v) is 3.85. The van der Waals surface area contributed by atoms with Crippen molar-refractivity contribution in [3.8, 4) is 17.2 Å². The van der Waals surface area contributed by atoms with E-state index in [1.807, 2.05) is 24.3 Å². The summed E-state index contributed by atoms with van der Waals surface area (Å²) >= 11 is 3.38. The van der Waals surface area contributed by atoms with Gasteiger partial charge in [-0.1, -0.05) is 22.0 Å². The number of phenolic OH excluding ortho intramolecular Hbond substituents is 1. The van der Waals surface area contributed by atoms with Crippen LogP contribution < -0.4 is 9.47 Å². The molecule has 1 aliphatic rings. The molecule has 4 nitrogen and oxygen atoms in total. The molecule has 0 aromatic heterocycles. The van der Waals surface area contributed by atoms with Gasteiger partial charge in [-0.3, -0.25) is 4.99 Å². The number of hydrogen-bond donors (Lipinski definition) is 1. The number of fused-ring (bicyclic) bond motifs is 1. The van der Waals surface area contributed by atoms with Gasteiger partial charge < -0.3 is 14.6 Å². The lowest BCUT2D eigenvalue weighted by atomic mass is 10.1. The van der Waals surface area contributed by atoms with Crippen LogP contribution in [-0.2, 0) is 6.42 Å². The SMILES string of the molecule is Oc1ccc(Br)cc1C=NCCc1ccc2c(c1)OCCO2. The Labute approximate surface area is 137 Å². The fourth-order valence-electron chi connectivity index (χ4n) is 2.23. The predicted octanol–water partition coefficient (Wildman–Crippen LogP) is 3.59. The molecule has 0 unspecified atom stereocenters. The van der Waals surface area contributed by atoms with Crippen molar-refractivity contribution in [1.29, 1.82) is 0 Å². The lowest BCUT2D eigenvalue weighted by molar-refractivity contribution is 0.171. The first-order valence-electron chi connectivity index (χ1n) is 7.09. The van der Waals surface area contributed by atoms with Crippen molar-refractivity contribution in [3.05, 3.63) is 52.0 Å². The smallest absolute Gasteiger partial charge is 0.161 e. The number of phenols is 1. The molecule has 0 aliphatic carbocycles. The number of ether oxygens (including phenoxy) is 2. The van der Waals surface area contributed by atoms with Crippen LogP contribution in [0.4, 0.5) is 0 Å². The van der Waals surface area contributed by atoms with Crippen molar-refractivity contribution in [2.24, 2.45) is 4.99 Å². The molecule has 5 heteroatoms. The van der Waals surface area contributed by atoms with E-state index in [2.05, 4.69) is 20.9 Å². The van der Waals surface area contributed by atoms with E-state index in [9.17, 15) is 5.11 Å². The zero-order valence-corrected chi connectivity index (χ0v) is 13.5. The van der Waals surface area contributed by atoms with Gasteiger partial charge in [0.1, 0.15) is 19.0 Å². The van der Waals surface area contributed by atoms with E-state index in [0.717, 1.165) is 28.0 Å². The number of aliphatic imine (C=N–C) groups is 1. The standard InChI is InChI=1S/C17H16BrNO3/c18-14-2-3-15(20)13(10-14)11-19-6-5-12-1-4-16-17(9-12)22-8-7-21-16/h1-4,9-11,20H,5-8H2. The van der Waals surface area contributed by atoms with Crippen LogP contribution in [0.15, 0.2) is 45.9 Å². The molecule has 0 saturated carbocycles. The van der Waals surface area contributed by atoms with Crippen LogP contribution in [0.25, 0.3) is 0 Å². The summed E-state index contributed by atoms with van der Waals surface area (Å²) in [6.07, 6.45) is 2.50. The summed E-state index contributed by atoms with van der Waals surface area (Å²) in [7, 11) is 0. The molecular weight excluding hydrogens is 346 g/mol. The van der Waals surface area contributed by atoms with Crippen molar-refractivity contribution in [2.45, 2.75) is 6.42 Å². The van der Waals surface area contributed by atoms with Crippen LogP contribution in [0, 0.1) is 0 Å². The van der Waals surface area contributed by atoms with E-state index in [-0.39, 0.29) is 5.75 Å². The third-order valence-electron chi connectivity index (χ3n) is 3.36. The molecule has 22 heavy (non-hydrogen) atoms. The Hall–Kier alpha value is -2.01. The second-order valence-corrected chi connectivity index (χ2v) is 5.88. The third kappa shape index (κ3) is 3.60. The van der Waals surface area contributed by atoms with E-state index < -0.39 is 0 Å². The number of hydrogen-bond acceptors (Lipinski definition) is 4. The Kier molecular flexibility index (Phi) is 4.63. The number of benzene rings is 2. The van der Waals surface area contributed by atoms with Crippen LogP contribution in [0.2, 0.25) is 0 Å². The molecular formula is C17H16BrNO3. The van der Waals surface area contributed by atoms with Crippen LogP contribution in [0.5, 0.6) is 17.2 Å². The maximum atomic E-state index is 9.74. The summed E-state index contributed by atoms with van der Waals surface area (Å²) in [4.78, 5) is 4.37. The van der Waals surface area contributed by atoms with E-state index >= 15 is 0 Å². The highest BCUT2D eigenvalue weighted by Gasteiger charge is 2.11. The first-order valence-corrected chi connectivity index (χ1v) is 7.88. The second-order valence-electron chi connectivity index (χ2n) is 4.97. The molecule has 0 amide bonds. The number of halogens is 1. The minimum absolute atomic E-state index is 0.228. The van der Waals surface area contributed by atoms with E-state index in [4.69, 9.17) is 9.47 Å². The largest absolute Gasteiger partial charge is 0.507 e. The zero-order chi connectivity index (χ0) is 15.4. The fraction of sp³-hybridized carbons (Fsp3) is 0.235. The molecule has 0 fully saturated rings. The fourth-order valence-corrected chi connectivity index (χ4v) is 2.61. The Bertz CT molecular complexity index is 700. The van der Waals surface area contributed by atoms with E-state index in [1.54, 1.807) is 18.3 Å². The van der Waals surface area contributed by atoms with E-state index in [1.165, 1.54) is 0 Å². The maximum absolute atomic E-state index is 9.74. The highest BCUT2D eigenvalue weighted by Crippen LogP contribution is 2.30. The van der Waals surface area contributed by atoms with Gasteiger partial charge in [0, 0.05) is 22.8 Å². The molecule has 0 saturated heterocycles. The van der Waals surface area contributed by atoms with Gasteiger partial charge in [0.25, 0.3) is 0 Å². The van der Waals surface area contributed by atoms with E-state index in [0.29, 0.717) is 25.3 Å². The van der Waals surface area contributed by atoms with Gasteiger partial charge in [-0.2, -0.15) is 0 Å². The highest BCUT2D eigenvalue weighted by molar-refractivity contribution is 9.10. The van der Waals surface area contributed by atoms with Crippen LogP contribution in [0.1, 0.15) is 11.1 Å². The zero-order valence-electron chi connectivity index (χ0n) is 12.0. The van der Waals surface area contributed by atoms with Crippen LogP contribution >= 0.6 is 15.9 Å². The van der Waals surface area contributed by atoms with Gasteiger partial charge in [-0.05, 0) is 42.3 Å². The average Bonchev–Trinajstić information content (AvgIpc) is 2.54. The van der Waals surface area contributed by atoms with Crippen molar-refractivity contribution in [2.75, 3.05) is 19.8 Å². The maximum Gasteiger partial charge on any atom is 0.161 e. The Morgan fingerprint density at radius 2 is 1.91 bits per heavy atom. The minimum atomic E-state index is 0.228. The molecule has 2 aromatic carbocycles. The summed E-state index contributed by atoms with van der Waals surface area (Å²) in [6, 6.07) is 11.2. The van der Waals surface area contributed by atoms with Gasteiger partial charge in [0.05, 0.1) is 0 Å². The number of rotatable bonds is 4. The topological polar surface area (TPSA) is 51.1 Å². The molecule has 2 aromatic rings.